The summed E-state index contributed by atoms with van der Waals surface area (Å²) in [6.45, 7) is 2.29. The highest BCUT2D eigenvalue weighted by atomic mass is 35.5. The van der Waals surface area contributed by atoms with Crippen molar-refractivity contribution < 1.29 is 14.4 Å². The summed E-state index contributed by atoms with van der Waals surface area (Å²) >= 11 is 6.20. The van der Waals surface area contributed by atoms with E-state index in [0.29, 0.717) is 34.9 Å². The smallest absolute Gasteiger partial charge is 0.256 e. The second-order valence-corrected chi connectivity index (χ2v) is 7.54. The normalized spacial score (nSPS) is 18.6. The van der Waals surface area contributed by atoms with Crippen molar-refractivity contribution in [1.82, 2.24) is 4.90 Å². The first-order valence-electron chi connectivity index (χ1n) is 9.23. The van der Waals surface area contributed by atoms with Gasteiger partial charge in [-0.05, 0) is 49.6 Å². The second-order valence-electron chi connectivity index (χ2n) is 7.13. The van der Waals surface area contributed by atoms with Crippen LogP contribution in [0.1, 0.15) is 28.8 Å². The number of nitrogens with zero attached hydrogens (tertiary/aromatic N) is 2. The van der Waals surface area contributed by atoms with Crippen LogP contribution < -0.4 is 10.2 Å². The van der Waals surface area contributed by atoms with Gasteiger partial charge in [-0.3, -0.25) is 14.4 Å². The predicted molar refractivity (Wildman–Crippen MR) is 108 cm³/mol. The fourth-order valence-electron chi connectivity index (χ4n) is 3.83. The van der Waals surface area contributed by atoms with Gasteiger partial charge in [-0.25, -0.2) is 0 Å². The number of hydrogen-bond acceptors (Lipinski definition) is 3. The van der Waals surface area contributed by atoms with Gasteiger partial charge in [-0.1, -0.05) is 29.8 Å². The molecule has 1 saturated heterocycles. The van der Waals surface area contributed by atoms with Crippen LogP contribution in [0.25, 0.3) is 0 Å². The maximum atomic E-state index is 13.2. The molecule has 2 aromatic rings. The van der Waals surface area contributed by atoms with Crippen LogP contribution in [0.2, 0.25) is 5.02 Å². The van der Waals surface area contributed by atoms with Crippen molar-refractivity contribution in [3.05, 3.63) is 58.6 Å². The van der Waals surface area contributed by atoms with Gasteiger partial charge in [0, 0.05) is 6.54 Å². The molecule has 144 valence electrons. The average molecular weight is 398 g/mol. The zero-order valence-electron chi connectivity index (χ0n) is 15.4. The highest BCUT2D eigenvalue weighted by Crippen LogP contribution is 2.32. The van der Waals surface area contributed by atoms with Gasteiger partial charge < -0.3 is 15.1 Å². The van der Waals surface area contributed by atoms with Gasteiger partial charge in [0.2, 0.25) is 11.8 Å². The van der Waals surface area contributed by atoms with Gasteiger partial charge in [0.1, 0.15) is 12.6 Å². The molecule has 0 saturated carbocycles. The molecule has 2 aromatic carbocycles. The largest absolute Gasteiger partial charge is 0.327 e. The van der Waals surface area contributed by atoms with Crippen LogP contribution in [0.4, 0.5) is 11.4 Å². The molecular weight excluding hydrogens is 378 g/mol. The Morgan fingerprint density at radius 2 is 2.00 bits per heavy atom. The van der Waals surface area contributed by atoms with Gasteiger partial charge >= 0.3 is 0 Å². The van der Waals surface area contributed by atoms with Crippen molar-refractivity contribution in [2.45, 2.75) is 25.8 Å². The highest BCUT2D eigenvalue weighted by molar-refractivity contribution is 6.33. The summed E-state index contributed by atoms with van der Waals surface area (Å²) in [6.07, 6.45) is 1.39. The van der Waals surface area contributed by atoms with E-state index in [0.717, 1.165) is 12.0 Å². The van der Waals surface area contributed by atoms with E-state index in [2.05, 4.69) is 5.32 Å². The molecule has 0 radical (unpaired) electrons. The Labute approximate surface area is 168 Å². The number of halogens is 1. The monoisotopic (exact) mass is 397 g/mol. The lowest BCUT2D eigenvalue weighted by atomic mass is 10.1. The number of carbonyl (C=O) groups excluding carboxylic acids is 3. The third-order valence-electron chi connectivity index (χ3n) is 5.19. The Morgan fingerprint density at radius 3 is 2.79 bits per heavy atom. The molecule has 2 heterocycles. The number of benzene rings is 2. The van der Waals surface area contributed by atoms with E-state index in [1.165, 1.54) is 4.90 Å². The third kappa shape index (κ3) is 3.24. The van der Waals surface area contributed by atoms with E-state index >= 15 is 0 Å². The number of para-hydroxylation sites is 1. The lowest BCUT2D eigenvalue weighted by Gasteiger charge is -2.25. The molecule has 0 aromatic heterocycles. The fraction of sp³-hybridized carbons (Fsp3) is 0.286. The number of anilines is 2. The van der Waals surface area contributed by atoms with Gasteiger partial charge in [0.25, 0.3) is 5.91 Å². The van der Waals surface area contributed by atoms with Gasteiger partial charge in [0.15, 0.2) is 0 Å². The number of hydrogen-bond donors (Lipinski definition) is 1. The maximum Gasteiger partial charge on any atom is 0.256 e. The first-order valence-corrected chi connectivity index (χ1v) is 9.61. The molecule has 7 heteroatoms. The summed E-state index contributed by atoms with van der Waals surface area (Å²) in [4.78, 5) is 41.8. The topological polar surface area (TPSA) is 69.7 Å². The molecular formula is C21H20ClN3O3. The zero-order chi connectivity index (χ0) is 19.8. The number of rotatable bonds is 3. The molecule has 1 unspecified atom stereocenters. The van der Waals surface area contributed by atoms with Crippen LogP contribution in [0.3, 0.4) is 0 Å². The first-order chi connectivity index (χ1) is 13.5. The zero-order valence-corrected chi connectivity index (χ0v) is 16.2. The summed E-state index contributed by atoms with van der Waals surface area (Å²) in [5.74, 6) is -0.746. The molecule has 6 nitrogen and oxygen atoms in total. The Morgan fingerprint density at radius 1 is 1.21 bits per heavy atom. The highest BCUT2D eigenvalue weighted by Gasteiger charge is 2.42. The molecule has 2 aliphatic heterocycles. The number of aryl methyl sites for hydroxylation is 1. The van der Waals surface area contributed by atoms with E-state index in [-0.39, 0.29) is 24.3 Å². The van der Waals surface area contributed by atoms with Crippen molar-refractivity contribution in [1.29, 1.82) is 0 Å². The maximum absolute atomic E-state index is 13.2. The molecule has 1 N–H and O–H groups in total. The number of nitrogens with one attached hydrogen (secondary N) is 1. The van der Waals surface area contributed by atoms with Gasteiger partial charge in [0.05, 0.1) is 22.0 Å². The Kier molecular flexibility index (Phi) is 4.81. The molecule has 1 fully saturated rings. The van der Waals surface area contributed by atoms with Crippen LogP contribution in [0.15, 0.2) is 42.5 Å². The molecule has 0 spiro atoms. The minimum absolute atomic E-state index is 0.157. The van der Waals surface area contributed by atoms with Crippen LogP contribution >= 0.6 is 11.6 Å². The molecule has 4 rings (SSSR count). The summed E-state index contributed by atoms with van der Waals surface area (Å²) in [6, 6.07) is 11.8. The van der Waals surface area contributed by atoms with Crippen LogP contribution in [0.5, 0.6) is 0 Å². The van der Waals surface area contributed by atoms with Crippen molar-refractivity contribution in [2.75, 3.05) is 23.3 Å². The molecule has 1 atom stereocenters. The average Bonchev–Trinajstić information content (AvgIpc) is 3.14. The van der Waals surface area contributed by atoms with Gasteiger partial charge in [-0.15, -0.1) is 0 Å². The van der Waals surface area contributed by atoms with E-state index in [9.17, 15) is 14.4 Å². The summed E-state index contributed by atoms with van der Waals surface area (Å²) in [5.41, 5.74) is 2.39. The summed E-state index contributed by atoms with van der Waals surface area (Å²) in [5, 5.41) is 3.20. The molecule has 0 aliphatic carbocycles. The van der Waals surface area contributed by atoms with Crippen molar-refractivity contribution in [2.24, 2.45) is 0 Å². The number of carbonyl (C=O) groups is 3. The Bertz CT molecular complexity index is 975. The summed E-state index contributed by atoms with van der Waals surface area (Å²) in [7, 11) is 0. The first kappa shape index (κ1) is 18.5. The van der Waals surface area contributed by atoms with Crippen LogP contribution in [-0.2, 0) is 9.59 Å². The number of amides is 3. The SMILES string of the molecule is Cc1ccc(NC(=O)CN2C(=O)C3CCCN3C(=O)c3ccccc32)c(Cl)c1. The van der Waals surface area contributed by atoms with Crippen molar-refractivity contribution in [3.8, 4) is 0 Å². The van der Waals surface area contributed by atoms with E-state index in [1.54, 1.807) is 41.3 Å². The van der Waals surface area contributed by atoms with Crippen molar-refractivity contribution >= 4 is 40.7 Å². The van der Waals surface area contributed by atoms with E-state index in [4.69, 9.17) is 11.6 Å². The quantitative estimate of drug-likeness (QED) is 0.864. The Hall–Kier alpha value is -2.86. The molecule has 0 bridgehead atoms. The third-order valence-corrected chi connectivity index (χ3v) is 5.50. The summed E-state index contributed by atoms with van der Waals surface area (Å²) < 4.78 is 0. The Balaban J connectivity index is 1.63. The molecule has 3 amide bonds. The van der Waals surface area contributed by atoms with Gasteiger partial charge in [-0.2, -0.15) is 0 Å². The van der Waals surface area contributed by atoms with Crippen LogP contribution in [-0.4, -0.2) is 41.8 Å². The number of fused-ring (bicyclic) bond motifs is 2. The van der Waals surface area contributed by atoms with E-state index in [1.807, 2.05) is 13.0 Å². The lowest BCUT2D eigenvalue weighted by molar-refractivity contribution is -0.124. The predicted octanol–water partition coefficient (Wildman–Crippen LogP) is 3.24. The minimum Gasteiger partial charge on any atom is -0.327 e. The lowest BCUT2D eigenvalue weighted by Crippen LogP contribution is -2.47. The van der Waals surface area contributed by atoms with Crippen LogP contribution in [0, 0.1) is 6.92 Å². The standard InChI is InChI=1S/C21H20ClN3O3/c1-13-8-9-16(15(22)11-13)23-19(26)12-25-17-6-3-2-5-14(17)20(27)24-10-4-7-18(24)21(25)28/h2-3,5-6,8-9,11,18H,4,7,10,12H2,1H3,(H,23,26). The van der Waals surface area contributed by atoms with E-state index < -0.39 is 6.04 Å². The fourth-order valence-corrected chi connectivity index (χ4v) is 4.11. The minimum atomic E-state index is -0.518. The molecule has 28 heavy (non-hydrogen) atoms. The second kappa shape index (κ2) is 7.28. The van der Waals surface area contributed by atoms with Crippen molar-refractivity contribution in [3.63, 3.8) is 0 Å². The molecule has 2 aliphatic rings.